The molecule has 0 amide bonds. The lowest BCUT2D eigenvalue weighted by atomic mass is 9.91. The Labute approximate surface area is 115 Å². The van der Waals surface area contributed by atoms with E-state index in [0.29, 0.717) is 5.56 Å². The van der Waals surface area contributed by atoms with Crippen molar-refractivity contribution in [2.45, 2.75) is 33.6 Å². The second kappa shape index (κ2) is 5.71. The number of hydrogen-bond donors (Lipinski definition) is 0. The summed E-state index contributed by atoms with van der Waals surface area (Å²) >= 11 is 0. The summed E-state index contributed by atoms with van der Waals surface area (Å²) in [5.74, 6) is 0. The van der Waals surface area contributed by atoms with Crippen LogP contribution >= 0.6 is 0 Å². The lowest BCUT2D eigenvalue weighted by Gasteiger charge is -2.14. The second-order valence-corrected chi connectivity index (χ2v) is 5.06. The maximum absolute atomic E-state index is 8.88. The minimum Gasteiger partial charge on any atom is -0.192 e. The van der Waals surface area contributed by atoms with Gasteiger partial charge in [-0.1, -0.05) is 43.2 Å². The Morgan fingerprint density at radius 1 is 1.05 bits per heavy atom. The molecule has 0 unspecified atom stereocenters. The van der Waals surface area contributed by atoms with Crippen molar-refractivity contribution >= 4 is 0 Å². The van der Waals surface area contributed by atoms with Crippen molar-refractivity contribution in [2.24, 2.45) is 0 Å². The number of rotatable bonds is 3. The van der Waals surface area contributed by atoms with Crippen LogP contribution in [0.3, 0.4) is 0 Å². The molecule has 2 aromatic rings. The van der Waals surface area contributed by atoms with E-state index < -0.39 is 0 Å². The first kappa shape index (κ1) is 13.4. The lowest BCUT2D eigenvalue weighted by molar-refractivity contribution is 0.920. The molecule has 2 rings (SSSR count). The average Bonchev–Trinajstić information content (AvgIpc) is 2.39. The van der Waals surface area contributed by atoms with Crippen LogP contribution in [0.5, 0.6) is 0 Å². The Morgan fingerprint density at radius 2 is 1.74 bits per heavy atom. The van der Waals surface area contributed by atoms with Gasteiger partial charge in [-0.3, -0.25) is 0 Å². The molecule has 0 atom stereocenters. The normalized spacial score (nSPS) is 10.2. The Hall–Kier alpha value is -2.07. The molecule has 1 heteroatoms. The van der Waals surface area contributed by atoms with Gasteiger partial charge in [0.15, 0.2) is 0 Å². The third-order valence-corrected chi connectivity index (χ3v) is 3.38. The van der Waals surface area contributed by atoms with Crippen molar-refractivity contribution in [3.63, 3.8) is 0 Å². The number of nitrogens with zero attached hydrogens (tertiary/aromatic N) is 1. The van der Waals surface area contributed by atoms with Crippen molar-refractivity contribution < 1.29 is 0 Å². The number of aryl methyl sites for hydroxylation is 3. The molecule has 0 aromatic heterocycles. The molecule has 96 valence electrons. The third-order valence-electron chi connectivity index (χ3n) is 3.38. The van der Waals surface area contributed by atoms with Crippen LogP contribution in [0.1, 0.15) is 35.6 Å². The van der Waals surface area contributed by atoms with Crippen LogP contribution in [-0.4, -0.2) is 0 Å². The highest BCUT2D eigenvalue weighted by Gasteiger charge is 2.09. The molecule has 0 saturated heterocycles. The van der Waals surface area contributed by atoms with E-state index in [4.69, 9.17) is 5.26 Å². The average molecular weight is 249 g/mol. The zero-order chi connectivity index (χ0) is 13.8. The van der Waals surface area contributed by atoms with Gasteiger partial charge in [-0.15, -0.1) is 0 Å². The molecule has 0 bridgehead atoms. The highest BCUT2D eigenvalue weighted by atomic mass is 14.2. The summed E-state index contributed by atoms with van der Waals surface area (Å²) in [6.45, 7) is 6.52. The zero-order valence-electron chi connectivity index (χ0n) is 11.8. The molecule has 0 radical (unpaired) electrons. The van der Waals surface area contributed by atoms with Gasteiger partial charge in [-0.2, -0.15) is 5.26 Å². The fourth-order valence-electron chi connectivity index (χ4n) is 2.65. The molecule has 0 aliphatic carbocycles. The minimum absolute atomic E-state index is 0.713. The van der Waals surface area contributed by atoms with Crippen molar-refractivity contribution in [1.82, 2.24) is 0 Å². The highest BCUT2D eigenvalue weighted by molar-refractivity contribution is 5.72. The summed E-state index contributed by atoms with van der Waals surface area (Å²) in [5, 5.41) is 8.88. The monoisotopic (exact) mass is 249 g/mol. The first-order chi connectivity index (χ1) is 9.15. The summed E-state index contributed by atoms with van der Waals surface area (Å²) in [6.07, 6.45) is 2.24. The molecule has 0 fully saturated rings. The largest absolute Gasteiger partial charge is 0.192 e. The molecule has 2 aromatic carbocycles. The Kier molecular flexibility index (Phi) is 4.02. The molecule has 1 nitrogen and oxygen atoms in total. The molecule has 19 heavy (non-hydrogen) atoms. The first-order valence-electron chi connectivity index (χ1n) is 6.76. The van der Waals surface area contributed by atoms with Crippen LogP contribution in [0.2, 0.25) is 0 Å². The molecule has 0 heterocycles. The van der Waals surface area contributed by atoms with Gasteiger partial charge >= 0.3 is 0 Å². The zero-order valence-corrected chi connectivity index (χ0v) is 11.8. The van der Waals surface area contributed by atoms with Gasteiger partial charge in [0.2, 0.25) is 0 Å². The van der Waals surface area contributed by atoms with Crippen LogP contribution in [-0.2, 0) is 6.42 Å². The molecular weight excluding hydrogens is 230 g/mol. The summed E-state index contributed by atoms with van der Waals surface area (Å²) in [7, 11) is 0. The van der Waals surface area contributed by atoms with E-state index in [1.54, 1.807) is 0 Å². The predicted octanol–water partition coefficient (Wildman–Crippen LogP) is 4.79. The maximum Gasteiger partial charge on any atom is 0.0991 e. The molecule has 0 spiro atoms. The van der Waals surface area contributed by atoms with Crippen LogP contribution in [0.25, 0.3) is 11.1 Å². The third kappa shape index (κ3) is 2.85. The van der Waals surface area contributed by atoms with Gasteiger partial charge in [-0.25, -0.2) is 0 Å². The van der Waals surface area contributed by atoms with Crippen molar-refractivity contribution in [1.29, 1.82) is 5.26 Å². The van der Waals surface area contributed by atoms with Crippen LogP contribution in [0.15, 0.2) is 36.4 Å². The summed E-state index contributed by atoms with van der Waals surface area (Å²) in [6, 6.07) is 14.6. The molecular formula is C18H19N. The van der Waals surface area contributed by atoms with Gasteiger partial charge < -0.3 is 0 Å². The van der Waals surface area contributed by atoms with E-state index in [-0.39, 0.29) is 0 Å². The minimum atomic E-state index is 0.713. The van der Waals surface area contributed by atoms with Crippen molar-refractivity contribution in [3.05, 3.63) is 58.7 Å². The smallest absolute Gasteiger partial charge is 0.0991 e. The Balaban J connectivity index is 2.56. The summed E-state index contributed by atoms with van der Waals surface area (Å²) in [4.78, 5) is 0. The highest BCUT2D eigenvalue weighted by Crippen LogP contribution is 2.30. The van der Waals surface area contributed by atoms with E-state index >= 15 is 0 Å². The van der Waals surface area contributed by atoms with Gasteiger partial charge in [0.1, 0.15) is 0 Å². The van der Waals surface area contributed by atoms with E-state index in [9.17, 15) is 0 Å². The van der Waals surface area contributed by atoms with Crippen molar-refractivity contribution in [3.8, 4) is 17.2 Å². The molecule has 0 N–H and O–H groups in total. The lowest BCUT2D eigenvalue weighted by Crippen LogP contribution is -1.94. The fourth-order valence-corrected chi connectivity index (χ4v) is 2.65. The topological polar surface area (TPSA) is 23.8 Å². The van der Waals surface area contributed by atoms with Crippen LogP contribution in [0, 0.1) is 25.2 Å². The number of benzene rings is 2. The quantitative estimate of drug-likeness (QED) is 0.767. The van der Waals surface area contributed by atoms with E-state index in [1.807, 2.05) is 12.1 Å². The standard InChI is InChI=1S/C18H19N/c1-4-5-17-11-13(2)10-14(3)18(17)16-8-6-15(12-19)7-9-16/h6-11H,4-5H2,1-3H3. The molecule has 0 aliphatic rings. The van der Waals surface area contributed by atoms with Crippen LogP contribution in [0.4, 0.5) is 0 Å². The van der Waals surface area contributed by atoms with E-state index in [2.05, 4.69) is 51.1 Å². The van der Waals surface area contributed by atoms with E-state index in [1.165, 1.54) is 27.8 Å². The number of nitriles is 1. The van der Waals surface area contributed by atoms with Gasteiger partial charge in [0.05, 0.1) is 11.6 Å². The summed E-state index contributed by atoms with van der Waals surface area (Å²) in [5.41, 5.74) is 7.29. The molecule has 0 aliphatic heterocycles. The molecule has 0 saturated carbocycles. The fraction of sp³-hybridized carbons (Fsp3) is 0.278. The van der Waals surface area contributed by atoms with E-state index in [0.717, 1.165) is 12.8 Å². The maximum atomic E-state index is 8.88. The number of hydrogen-bond acceptors (Lipinski definition) is 1. The van der Waals surface area contributed by atoms with Gasteiger partial charge in [0, 0.05) is 0 Å². The predicted molar refractivity (Wildman–Crippen MR) is 80.1 cm³/mol. The summed E-state index contributed by atoms with van der Waals surface area (Å²) < 4.78 is 0. The Bertz CT molecular complexity index is 615. The second-order valence-electron chi connectivity index (χ2n) is 5.06. The Morgan fingerprint density at radius 3 is 2.32 bits per heavy atom. The first-order valence-corrected chi connectivity index (χ1v) is 6.76. The van der Waals surface area contributed by atoms with Crippen molar-refractivity contribution in [2.75, 3.05) is 0 Å². The van der Waals surface area contributed by atoms with Crippen LogP contribution < -0.4 is 0 Å². The van der Waals surface area contributed by atoms with Gasteiger partial charge in [0.25, 0.3) is 0 Å². The van der Waals surface area contributed by atoms with Gasteiger partial charge in [-0.05, 0) is 54.7 Å². The SMILES string of the molecule is CCCc1cc(C)cc(C)c1-c1ccc(C#N)cc1.